The largest absolute Gasteiger partial charge is 0.379 e. The van der Waals surface area contributed by atoms with Gasteiger partial charge in [-0.1, -0.05) is 13.8 Å². The van der Waals surface area contributed by atoms with E-state index in [-0.39, 0.29) is 6.10 Å². The Morgan fingerprint density at radius 3 is 3.05 bits per heavy atom. The van der Waals surface area contributed by atoms with Crippen LogP contribution in [0.4, 0.5) is 5.82 Å². The first-order valence-corrected chi connectivity index (χ1v) is 7.54. The van der Waals surface area contributed by atoms with E-state index in [1.165, 1.54) is 0 Å². The van der Waals surface area contributed by atoms with Crippen LogP contribution >= 0.6 is 0 Å². The summed E-state index contributed by atoms with van der Waals surface area (Å²) >= 11 is 0. The number of aromatic nitrogens is 2. The molecule has 0 saturated carbocycles. The van der Waals surface area contributed by atoms with Crippen molar-refractivity contribution in [2.75, 3.05) is 31.6 Å². The summed E-state index contributed by atoms with van der Waals surface area (Å²) in [5.41, 5.74) is 1.00. The molecule has 20 heavy (non-hydrogen) atoms. The van der Waals surface area contributed by atoms with Crippen molar-refractivity contribution in [3.05, 3.63) is 18.1 Å². The fourth-order valence-corrected chi connectivity index (χ4v) is 2.57. The summed E-state index contributed by atoms with van der Waals surface area (Å²) in [6.45, 7) is 8.14. The van der Waals surface area contributed by atoms with E-state index in [0.29, 0.717) is 5.92 Å². The smallest absolute Gasteiger partial charge is 0.147 e. The molecule has 2 atom stereocenters. The molecule has 5 nitrogen and oxygen atoms in total. The van der Waals surface area contributed by atoms with Gasteiger partial charge in [0.05, 0.1) is 18.0 Å². The highest BCUT2D eigenvalue weighted by Gasteiger charge is 2.26. The van der Waals surface area contributed by atoms with E-state index in [0.717, 1.165) is 50.5 Å². The SMILES string of the molecule is CCCNCc1cncc(N2CCC(C)C(OC)C2)n1. The molecule has 0 aliphatic carbocycles. The lowest BCUT2D eigenvalue weighted by Crippen LogP contribution is -2.44. The van der Waals surface area contributed by atoms with Crippen LogP contribution in [0.5, 0.6) is 0 Å². The molecule has 2 rings (SSSR count). The molecule has 0 radical (unpaired) electrons. The van der Waals surface area contributed by atoms with Crippen molar-refractivity contribution >= 4 is 5.82 Å². The number of ether oxygens (including phenoxy) is 1. The van der Waals surface area contributed by atoms with E-state index < -0.39 is 0 Å². The van der Waals surface area contributed by atoms with Crippen molar-refractivity contribution in [2.24, 2.45) is 5.92 Å². The second-order valence-corrected chi connectivity index (χ2v) is 5.53. The number of piperidine rings is 1. The first-order valence-electron chi connectivity index (χ1n) is 7.54. The Hall–Kier alpha value is -1.20. The Bertz CT molecular complexity index is 413. The van der Waals surface area contributed by atoms with Crippen LogP contribution in [-0.4, -0.2) is 42.8 Å². The zero-order valence-corrected chi connectivity index (χ0v) is 12.8. The summed E-state index contributed by atoms with van der Waals surface area (Å²) in [6, 6.07) is 0. The molecule has 1 aromatic rings. The highest BCUT2D eigenvalue weighted by Crippen LogP contribution is 2.23. The molecule has 112 valence electrons. The van der Waals surface area contributed by atoms with E-state index in [4.69, 9.17) is 9.72 Å². The number of nitrogens with one attached hydrogen (secondary N) is 1. The predicted octanol–water partition coefficient (Wildman–Crippen LogP) is 1.84. The van der Waals surface area contributed by atoms with Gasteiger partial charge in [-0.05, 0) is 25.3 Å². The Morgan fingerprint density at radius 1 is 1.45 bits per heavy atom. The molecular formula is C15H26N4O. The van der Waals surface area contributed by atoms with Crippen LogP contribution in [0.2, 0.25) is 0 Å². The molecule has 1 saturated heterocycles. The topological polar surface area (TPSA) is 50.3 Å². The number of anilines is 1. The molecule has 2 unspecified atom stereocenters. The first kappa shape index (κ1) is 15.2. The van der Waals surface area contributed by atoms with Gasteiger partial charge in [0.15, 0.2) is 0 Å². The summed E-state index contributed by atoms with van der Waals surface area (Å²) in [7, 11) is 1.79. The predicted molar refractivity (Wildman–Crippen MR) is 80.8 cm³/mol. The van der Waals surface area contributed by atoms with Crippen molar-refractivity contribution < 1.29 is 4.74 Å². The minimum Gasteiger partial charge on any atom is -0.379 e. The Kier molecular flexibility index (Phi) is 5.73. The van der Waals surface area contributed by atoms with E-state index in [1.807, 2.05) is 12.4 Å². The average molecular weight is 278 g/mol. The minimum atomic E-state index is 0.285. The molecule has 1 fully saturated rings. The quantitative estimate of drug-likeness (QED) is 0.805. The third-order valence-corrected chi connectivity index (χ3v) is 3.92. The fraction of sp³-hybridized carbons (Fsp3) is 0.733. The molecule has 0 aromatic carbocycles. The van der Waals surface area contributed by atoms with E-state index in [9.17, 15) is 0 Å². The average Bonchev–Trinajstić information content (AvgIpc) is 2.48. The summed E-state index contributed by atoms with van der Waals surface area (Å²) in [6.07, 6.45) is 6.25. The number of hydrogen-bond donors (Lipinski definition) is 1. The highest BCUT2D eigenvalue weighted by atomic mass is 16.5. The zero-order chi connectivity index (χ0) is 14.4. The molecule has 1 aliphatic rings. The van der Waals surface area contributed by atoms with Gasteiger partial charge in [-0.3, -0.25) is 4.98 Å². The normalized spacial score (nSPS) is 23.1. The third-order valence-electron chi connectivity index (χ3n) is 3.92. The summed E-state index contributed by atoms with van der Waals surface area (Å²) in [5.74, 6) is 1.58. The van der Waals surface area contributed by atoms with Crippen LogP contribution in [0, 0.1) is 5.92 Å². The lowest BCUT2D eigenvalue weighted by molar-refractivity contribution is 0.0496. The van der Waals surface area contributed by atoms with Gasteiger partial charge in [-0.2, -0.15) is 0 Å². The van der Waals surface area contributed by atoms with Crippen molar-refractivity contribution in [1.82, 2.24) is 15.3 Å². The molecule has 5 heteroatoms. The second kappa shape index (κ2) is 7.55. The molecule has 2 heterocycles. The summed E-state index contributed by atoms with van der Waals surface area (Å²) in [4.78, 5) is 11.3. The van der Waals surface area contributed by atoms with E-state index in [2.05, 4.69) is 29.0 Å². The second-order valence-electron chi connectivity index (χ2n) is 5.53. The summed E-state index contributed by atoms with van der Waals surface area (Å²) in [5, 5.41) is 3.36. The Balaban J connectivity index is 1.99. The number of rotatable bonds is 6. The van der Waals surface area contributed by atoms with Crippen molar-refractivity contribution in [1.29, 1.82) is 0 Å². The molecule has 0 amide bonds. The lowest BCUT2D eigenvalue weighted by atomic mass is 9.96. The van der Waals surface area contributed by atoms with Crippen molar-refractivity contribution in [3.8, 4) is 0 Å². The van der Waals surface area contributed by atoms with Crippen LogP contribution < -0.4 is 10.2 Å². The van der Waals surface area contributed by atoms with Gasteiger partial charge in [0.25, 0.3) is 0 Å². The summed E-state index contributed by atoms with van der Waals surface area (Å²) < 4.78 is 5.56. The maximum absolute atomic E-state index is 5.56. The Labute approximate surface area is 121 Å². The van der Waals surface area contributed by atoms with Crippen LogP contribution in [0.15, 0.2) is 12.4 Å². The maximum atomic E-state index is 5.56. The standard InChI is InChI=1S/C15H26N4O/c1-4-6-16-8-13-9-17-10-15(18-13)19-7-5-12(2)14(11-19)20-3/h9-10,12,14,16H,4-8,11H2,1-3H3. The minimum absolute atomic E-state index is 0.285. The van der Waals surface area contributed by atoms with E-state index in [1.54, 1.807) is 7.11 Å². The molecule has 0 spiro atoms. The van der Waals surface area contributed by atoms with Crippen LogP contribution in [0.25, 0.3) is 0 Å². The van der Waals surface area contributed by atoms with Crippen molar-refractivity contribution in [2.45, 2.75) is 39.3 Å². The van der Waals surface area contributed by atoms with Crippen LogP contribution in [0.1, 0.15) is 32.4 Å². The first-order chi connectivity index (χ1) is 9.74. The van der Waals surface area contributed by atoms with Gasteiger partial charge >= 0.3 is 0 Å². The lowest BCUT2D eigenvalue weighted by Gasteiger charge is -2.36. The zero-order valence-electron chi connectivity index (χ0n) is 12.8. The monoisotopic (exact) mass is 278 g/mol. The number of nitrogens with zero attached hydrogens (tertiary/aromatic N) is 3. The van der Waals surface area contributed by atoms with Gasteiger partial charge in [-0.15, -0.1) is 0 Å². The number of methoxy groups -OCH3 is 1. The fourth-order valence-electron chi connectivity index (χ4n) is 2.57. The van der Waals surface area contributed by atoms with Gasteiger partial charge in [0.2, 0.25) is 0 Å². The molecular weight excluding hydrogens is 252 g/mol. The maximum Gasteiger partial charge on any atom is 0.147 e. The Morgan fingerprint density at radius 2 is 2.30 bits per heavy atom. The van der Waals surface area contributed by atoms with Gasteiger partial charge in [-0.25, -0.2) is 4.98 Å². The van der Waals surface area contributed by atoms with Gasteiger partial charge in [0, 0.05) is 32.9 Å². The molecule has 1 aromatic heterocycles. The molecule has 1 aliphatic heterocycles. The van der Waals surface area contributed by atoms with Crippen LogP contribution in [-0.2, 0) is 11.3 Å². The highest BCUT2D eigenvalue weighted by molar-refractivity contribution is 5.37. The third kappa shape index (κ3) is 3.90. The van der Waals surface area contributed by atoms with Crippen LogP contribution in [0.3, 0.4) is 0 Å². The van der Waals surface area contributed by atoms with Gasteiger partial charge in [0.1, 0.15) is 5.82 Å². The molecule has 1 N–H and O–H groups in total. The van der Waals surface area contributed by atoms with Gasteiger partial charge < -0.3 is 15.0 Å². The molecule has 0 bridgehead atoms. The van der Waals surface area contributed by atoms with E-state index >= 15 is 0 Å². The van der Waals surface area contributed by atoms with Crippen molar-refractivity contribution in [3.63, 3.8) is 0 Å². The number of hydrogen-bond acceptors (Lipinski definition) is 5.